The van der Waals surface area contributed by atoms with Crippen LogP contribution < -0.4 is 10.1 Å². The first-order chi connectivity index (χ1) is 11.5. The standard InChI is InChI=1S/C19H21NO4/c1-13(15-4-3-5-17(12-15)24-2)19(23)20-16-9-6-14(7-10-16)8-11-18(21)22/h3-7,9-10,12-13H,8,11H2,1-2H3,(H,20,23)(H,21,22). The van der Waals surface area contributed by atoms with Crippen LogP contribution in [0.4, 0.5) is 5.69 Å². The number of aliphatic carboxylic acids is 1. The highest BCUT2D eigenvalue weighted by molar-refractivity contribution is 5.95. The van der Waals surface area contributed by atoms with Gasteiger partial charge in [-0.25, -0.2) is 0 Å². The minimum Gasteiger partial charge on any atom is -0.497 e. The normalized spacial score (nSPS) is 11.6. The summed E-state index contributed by atoms with van der Waals surface area (Å²) in [6.07, 6.45) is 0.572. The largest absolute Gasteiger partial charge is 0.497 e. The SMILES string of the molecule is COc1cccc(C(C)C(=O)Nc2ccc(CCC(=O)O)cc2)c1. The lowest BCUT2D eigenvalue weighted by Gasteiger charge is -2.14. The predicted molar refractivity (Wildman–Crippen MR) is 92.4 cm³/mol. The van der Waals surface area contributed by atoms with Crippen LogP contribution in [0.15, 0.2) is 48.5 Å². The summed E-state index contributed by atoms with van der Waals surface area (Å²) < 4.78 is 5.18. The smallest absolute Gasteiger partial charge is 0.303 e. The van der Waals surface area contributed by atoms with Gasteiger partial charge < -0.3 is 15.2 Å². The molecule has 0 radical (unpaired) electrons. The number of rotatable bonds is 7. The zero-order chi connectivity index (χ0) is 17.5. The van der Waals surface area contributed by atoms with Crippen molar-refractivity contribution < 1.29 is 19.4 Å². The van der Waals surface area contributed by atoms with Crippen LogP contribution in [0.2, 0.25) is 0 Å². The lowest BCUT2D eigenvalue weighted by molar-refractivity contribution is -0.137. The van der Waals surface area contributed by atoms with Crippen molar-refractivity contribution in [3.63, 3.8) is 0 Å². The van der Waals surface area contributed by atoms with Crippen LogP contribution >= 0.6 is 0 Å². The highest BCUT2D eigenvalue weighted by Gasteiger charge is 2.16. The summed E-state index contributed by atoms with van der Waals surface area (Å²) >= 11 is 0. The minimum absolute atomic E-state index is 0.0958. The maximum absolute atomic E-state index is 12.4. The van der Waals surface area contributed by atoms with Gasteiger partial charge in [-0.3, -0.25) is 9.59 Å². The molecule has 0 aliphatic carbocycles. The number of hydrogen-bond donors (Lipinski definition) is 2. The van der Waals surface area contributed by atoms with Gasteiger partial charge in [-0.2, -0.15) is 0 Å². The minimum atomic E-state index is -0.820. The number of carbonyl (C=O) groups excluding carboxylic acids is 1. The summed E-state index contributed by atoms with van der Waals surface area (Å²) in [6, 6.07) is 14.7. The highest BCUT2D eigenvalue weighted by atomic mass is 16.5. The van der Waals surface area contributed by atoms with Gasteiger partial charge in [0.1, 0.15) is 5.75 Å². The van der Waals surface area contributed by atoms with Gasteiger partial charge in [0, 0.05) is 12.1 Å². The second-order valence-electron chi connectivity index (χ2n) is 5.58. The van der Waals surface area contributed by atoms with E-state index in [-0.39, 0.29) is 18.2 Å². The van der Waals surface area contributed by atoms with Gasteiger partial charge in [-0.05, 0) is 48.7 Å². The molecule has 0 fully saturated rings. The Kier molecular flexibility index (Phi) is 5.95. The van der Waals surface area contributed by atoms with E-state index in [2.05, 4.69) is 5.32 Å². The van der Waals surface area contributed by atoms with Crippen LogP contribution in [0, 0.1) is 0 Å². The number of ether oxygens (including phenoxy) is 1. The number of amides is 1. The van der Waals surface area contributed by atoms with Gasteiger partial charge in [0.05, 0.1) is 13.0 Å². The lowest BCUT2D eigenvalue weighted by Crippen LogP contribution is -2.18. The molecule has 0 heterocycles. The van der Waals surface area contributed by atoms with Crippen molar-refractivity contribution in [2.24, 2.45) is 0 Å². The molecule has 2 rings (SSSR count). The number of anilines is 1. The van der Waals surface area contributed by atoms with Crippen LogP contribution in [-0.4, -0.2) is 24.1 Å². The Bertz CT molecular complexity index is 710. The van der Waals surface area contributed by atoms with Crippen molar-refractivity contribution in [3.8, 4) is 5.75 Å². The first-order valence-corrected chi connectivity index (χ1v) is 7.75. The number of carboxylic acid groups (broad SMARTS) is 1. The number of nitrogens with one attached hydrogen (secondary N) is 1. The second-order valence-corrected chi connectivity index (χ2v) is 5.58. The summed E-state index contributed by atoms with van der Waals surface area (Å²) in [5.74, 6) is -0.525. The van der Waals surface area contributed by atoms with Crippen molar-refractivity contribution in [1.82, 2.24) is 0 Å². The Morgan fingerprint density at radius 1 is 1.17 bits per heavy atom. The first-order valence-electron chi connectivity index (χ1n) is 7.75. The molecule has 0 spiro atoms. The molecule has 24 heavy (non-hydrogen) atoms. The summed E-state index contributed by atoms with van der Waals surface area (Å²) in [4.78, 5) is 23.0. The van der Waals surface area contributed by atoms with Crippen LogP contribution in [0.5, 0.6) is 5.75 Å². The third-order valence-electron chi connectivity index (χ3n) is 3.84. The zero-order valence-electron chi connectivity index (χ0n) is 13.8. The fourth-order valence-corrected chi connectivity index (χ4v) is 2.32. The summed E-state index contributed by atoms with van der Waals surface area (Å²) in [7, 11) is 1.59. The maximum Gasteiger partial charge on any atom is 0.303 e. The average molecular weight is 327 g/mol. The van der Waals surface area contributed by atoms with Crippen LogP contribution in [0.1, 0.15) is 30.4 Å². The number of benzene rings is 2. The average Bonchev–Trinajstić information content (AvgIpc) is 2.60. The quantitative estimate of drug-likeness (QED) is 0.816. The molecule has 2 N–H and O–H groups in total. The molecule has 126 valence electrons. The number of methoxy groups -OCH3 is 1. The van der Waals surface area contributed by atoms with E-state index in [1.165, 1.54) is 0 Å². The molecule has 0 saturated heterocycles. The molecule has 2 aromatic carbocycles. The first kappa shape index (κ1) is 17.5. The zero-order valence-corrected chi connectivity index (χ0v) is 13.8. The van der Waals surface area contributed by atoms with Crippen molar-refractivity contribution in [1.29, 1.82) is 0 Å². The Balaban J connectivity index is 1.99. The van der Waals surface area contributed by atoms with E-state index in [1.807, 2.05) is 43.3 Å². The maximum atomic E-state index is 12.4. The van der Waals surface area contributed by atoms with E-state index in [1.54, 1.807) is 19.2 Å². The van der Waals surface area contributed by atoms with Gasteiger partial charge in [0.2, 0.25) is 5.91 Å². The van der Waals surface area contributed by atoms with E-state index in [0.29, 0.717) is 12.1 Å². The molecule has 0 bridgehead atoms. The van der Waals surface area contributed by atoms with Gasteiger partial charge in [0.25, 0.3) is 0 Å². The molecule has 0 aromatic heterocycles. The van der Waals surface area contributed by atoms with Crippen molar-refractivity contribution in [2.45, 2.75) is 25.7 Å². The number of aryl methyl sites for hydroxylation is 1. The molecule has 1 atom stereocenters. The van der Waals surface area contributed by atoms with E-state index >= 15 is 0 Å². The highest BCUT2D eigenvalue weighted by Crippen LogP contribution is 2.22. The predicted octanol–water partition coefficient (Wildman–Crippen LogP) is 3.45. The molecule has 1 unspecified atom stereocenters. The summed E-state index contributed by atoms with van der Waals surface area (Å²) in [5.41, 5.74) is 2.50. The van der Waals surface area contributed by atoms with Crippen molar-refractivity contribution in [2.75, 3.05) is 12.4 Å². The molecular weight excluding hydrogens is 306 g/mol. The van der Waals surface area contributed by atoms with Crippen LogP contribution in [0.3, 0.4) is 0 Å². The third kappa shape index (κ3) is 4.84. The van der Waals surface area contributed by atoms with Crippen molar-refractivity contribution in [3.05, 3.63) is 59.7 Å². The molecule has 2 aromatic rings. The van der Waals surface area contributed by atoms with Crippen LogP contribution in [-0.2, 0) is 16.0 Å². The number of hydrogen-bond acceptors (Lipinski definition) is 3. The molecule has 0 aliphatic rings. The molecule has 1 amide bonds. The fourth-order valence-electron chi connectivity index (χ4n) is 2.32. The third-order valence-corrected chi connectivity index (χ3v) is 3.84. The van der Waals surface area contributed by atoms with E-state index in [0.717, 1.165) is 16.9 Å². The van der Waals surface area contributed by atoms with E-state index < -0.39 is 5.97 Å². The van der Waals surface area contributed by atoms with Crippen LogP contribution in [0.25, 0.3) is 0 Å². The lowest BCUT2D eigenvalue weighted by atomic mass is 10.00. The van der Waals surface area contributed by atoms with Gasteiger partial charge in [-0.15, -0.1) is 0 Å². The molecule has 5 nitrogen and oxygen atoms in total. The van der Waals surface area contributed by atoms with E-state index in [4.69, 9.17) is 9.84 Å². The Morgan fingerprint density at radius 3 is 2.50 bits per heavy atom. The number of carbonyl (C=O) groups is 2. The topological polar surface area (TPSA) is 75.6 Å². The monoisotopic (exact) mass is 327 g/mol. The number of carboxylic acids is 1. The van der Waals surface area contributed by atoms with E-state index in [9.17, 15) is 9.59 Å². The van der Waals surface area contributed by atoms with Gasteiger partial charge >= 0.3 is 5.97 Å². The van der Waals surface area contributed by atoms with Gasteiger partial charge in [0.15, 0.2) is 0 Å². The van der Waals surface area contributed by atoms with Gasteiger partial charge in [-0.1, -0.05) is 24.3 Å². The summed E-state index contributed by atoms with van der Waals surface area (Å²) in [5, 5.41) is 11.6. The molecule has 5 heteroatoms. The second kappa shape index (κ2) is 8.15. The molecule has 0 saturated carbocycles. The Morgan fingerprint density at radius 2 is 1.88 bits per heavy atom. The Hall–Kier alpha value is -2.82. The molecule has 0 aliphatic heterocycles. The summed E-state index contributed by atoms with van der Waals surface area (Å²) in [6.45, 7) is 1.84. The van der Waals surface area contributed by atoms with Crippen molar-refractivity contribution >= 4 is 17.6 Å². The fraction of sp³-hybridized carbons (Fsp3) is 0.263. The molecular formula is C19H21NO4. The Labute approximate surface area is 141 Å².